The smallest absolute Gasteiger partial charge is 0.223 e. The van der Waals surface area contributed by atoms with E-state index in [0.29, 0.717) is 12.4 Å². The van der Waals surface area contributed by atoms with Gasteiger partial charge in [-0.25, -0.2) is 5.84 Å². The topological polar surface area (TPSA) is 102 Å². The molecule has 17 heavy (non-hydrogen) atoms. The highest BCUT2D eigenvalue weighted by Crippen LogP contribution is 2.18. The van der Waals surface area contributed by atoms with Gasteiger partial charge in [0, 0.05) is 19.7 Å². The first-order chi connectivity index (χ1) is 8.12. The molecule has 1 atom stereocenters. The molecule has 0 radical (unpaired) electrons. The molecule has 7 heteroatoms. The number of rotatable bonds is 6. The van der Waals surface area contributed by atoms with E-state index in [-0.39, 0.29) is 12.0 Å². The van der Waals surface area contributed by atoms with E-state index < -0.39 is 0 Å². The fourth-order valence-electron chi connectivity index (χ4n) is 1.70. The zero-order chi connectivity index (χ0) is 12.8. The summed E-state index contributed by atoms with van der Waals surface area (Å²) in [6, 6.07) is 1.95. The molecule has 1 rings (SSSR count). The van der Waals surface area contributed by atoms with Crippen molar-refractivity contribution < 1.29 is 4.74 Å². The zero-order valence-electron chi connectivity index (χ0n) is 10.5. The molecule has 0 aliphatic rings. The summed E-state index contributed by atoms with van der Waals surface area (Å²) in [6.07, 6.45) is 0. The first-order valence-electron chi connectivity index (χ1n) is 5.49. The second-order valence-corrected chi connectivity index (χ2v) is 3.70. The van der Waals surface area contributed by atoms with Gasteiger partial charge in [-0.2, -0.15) is 9.97 Å². The van der Waals surface area contributed by atoms with Crippen LogP contribution in [0.3, 0.4) is 0 Å². The first kappa shape index (κ1) is 13.5. The molecule has 7 nitrogen and oxygen atoms in total. The van der Waals surface area contributed by atoms with Crippen LogP contribution in [0.2, 0.25) is 0 Å². The Morgan fingerprint density at radius 1 is 1.53 bits per heavy atom. The fraction of sp³-hybridized carbons (Fsp3) is 0.600. The maximum Gasteiger partial charge on any atom is 0.223 e. The Hall–Kier alpha value is -1.60. The monoisotopic (exact) mass is 240 g/mol. The van der Waals surface area contributed by atoms with Crippen LogP contribution in [0.4, 0.5) is 17.6 Å². The minimum absolute atomic E-state index is 0.193. The average Bonchev–Trinajstić information content (AvgIpc) is 2.29. The molecule has 0 spiro atoms. The second-order valence-electron chi connectivity index (χ2n) is 3.70. The summed E-state index contributed by atoms with van der Waals surface area (Å²) in [5.74, 6) is 6.75. The van der Waals surface area contributed by atoms with Gasteiger partial charge in [0.25, 0.3) is 0 Å². The Morgan fingerprint density at radius 3 is 2.76 bits per heavy atom. The van der Waals surface area contributed by atoms with Gasteiger partial charge in [0.2, 0.25) is 5.95 Å². The Bertz CT molecular complexity index is 359. The van der Waals surface area contributed by atoms with E-state index in [1.807, 2.05) is 6.92 Å². The van der Waals surface area contributed by atoms with Crippen LogP contribution in [-0.4, -0.2) is 36.3 Å². The van der Waals surface area contributed by atoms with Gasteiger partial charge in [0.05, 0.1) is 12.6 Å². The van der Waals surface area contributed by atoms with Crippen molar-refractivity contribution in [3.05, 3.63) is 6.07 Å². The first-order valence-corrected chi connectivity index (χ1v) is 5.49. The zero-order valence-corrected chi connectivity index (χ0v) is 10.5. The Labute approximate surface area is 101 Å². The van der Waals surface area contributed by atoms with Crippen molar-refractivity contribution in [1.29, 1.82) is 0 Å². The predicted octanol–water partition coefficient (Wildman–Crippen LogP) is 0.206. The molecule has 0 bridgehead atoms. The van der Waals surface area contributed by atoms with Gasteiger partial charge < -0.3 is 20.8 Å². The summed E-state index contributed by atoms with van der Waals surface area (Å²) in [7, 11) is 1.67. The maximum absolute atomic E-state index is 5.63. The van der Waals surface area contributed by atoms with E-state index in [1.54, 1.807) is 13.2 Å². The molecule has 0 amide bonds. The largest absolute Gasteiger partial charge is 0.383 e. The SMILES string of the molecule is CCN(c1cc(NN)nc(N)n1)C(C)COC. The third kappa shape index (κ3) is 3.43. The maximum atomic E-state index is 5.63. The fourth-order valence-corrected chi connectivity index (χ4v) is 1.70. The number of hydrogen-bond acceptors (Lipinski definition) is 7. The van der Waals surface area contributed by atoms with Gasteiger partial charge in [0.1, 0.15) is 11.6 Å². The summed E-state index contributed by atoms with van der Waals surface area (Å²) in [4.78, 5) is 10.2. The number of hydrogen-bond donors (Lipinski definition) is 3. The van der Waals surface area contributed by atoms with E-state index in [4.69, 9.17) is 16.3 Å². The predicted molar refractivity (Wildman–Crippen MR) is 68.6 cm³/mol. The minimum atomic E-state index is 0.193. The summed E-state index contributed by atoms with van der Waals surface area (Å²) >= 11 is 0. The number of nitrogens with one attached hydrogen (secondary N) is 1. The van der Waals surface area contributed by atoms with Crippen LogP contribution in [0.5, 0.6) is 0 Å². The molecule has 0 aliphatic heterocycles. The molecule has 0 saturated carbocycles. The number of aromatic nitrogens is 2. The highest BCUT2D eigenvalue weighted by molar-refractivity contribution is 5.52. The van der Waals surface area contributed by atoms with Crippen molar-refractivity contribution in [1.82, 2.24) is 9.97 Å². The van der Waals surface area contributed by atoms with Crippen molar-refractivity contribution in [2.75, 3.05) is 36.3 Å². The number of nitrogens with zero attached hydrogens (tertiary/aromatic N) is 3. The standard InChI is InChI=1S/C10H20N6O/c1-4-16(7(2)6-17-3)9-5-8(15-12)13-10(11)14-9/h5,7H,4,6,12H2,1-3H3,(H3,11,13,14,15). The van der Waals surface area contributed by atoms with Gasteiger partial charge >= 0.3 is 0 Å². The average molecular weight is 240 g/mol. The van der Waals surface area contributed by atoms with E-state index >= 15 is 0 Å². The van der Waals surface area contributed by atoms with Crippen molar-refractivity contribution in [2.45, 2.75) is 19.9 Å². The number of anilines is 3. The van der Waals surface area contributed by atoms with Crippen molar-refractivity contribution in [3.8, 4) is 0 Å². The normalized spacial score (nSPS) is 12.2. The second kappa shape index (κ2) is 6.21. The molecule has 5 N–H and O–H groups in total. The molecule has 1 aromatic heterocycles. The molecule has 0 saturated heterocycles. The molecule has 1 heterocycles. The number of methoxy groups -OCH3 is 1. The molecule has 1 aromatic rings. The van der Waals surface area contributed by atoms with Crippen LogP contribution in [0.1, 0.15) is 13.8 Å². The van der Waals surface area contributed by atoms with Crippen LogP contribution in [0.15, 0.2) is 6.07 Å². The summed E-state index contributed by atoms with van der Waals surface area (Å²) in [6.45, 7) is 5.51. The Balaban J connectivity index is 2.98. The number of nitrogens with two attached hydrogens (primary N) is 2. The van der Waals surface area contributed by atoms with Gasteiger partial charge in [-0.05, 0) is 13.8 Å². The molecule has 0 fully saturated rings. The van der Waals surface area contributed by atoms with Crippen molar-refractivity contribution in [2.24, 2.45) is 5.84 Å². The van der Waals surface area contributed by atoms with Crippen LogP contribution in [0.25, 0.3) is 0 Å². The minimum Gasteiger partial charge on any atom is -0.383 e. The molecule has 0 aromatic carbocycles. The Morgan fingerprint density at radius 2 is 2.24 bits per heavy atom. The quantitative estimate of drug-likeness (QED) is 0.482. The molecular weight excluding hydrogens is 220 g/mol. The van der Waals surface area contributed by atoms with E-state index in [1.165, 1.54) is 0 Å². The molecule has 96 valence electrons. The lowest BCUT2D eigenvalue weighted by Gasteiger charge is -2.28. The summed E-state index contributed by atoms with van der Waals surface area (Å²) in [5.41, 5.74) is 8.09. The van der Waals surface area contributed by atoms with E-state index in [9.17, 15) is 0 Å². The summed E-state index contributed by atoms with van der Waals surface area (Å²) in [5, 5.41) is 0. The third-order valence-corrected chi connectivity index (χ3v) is 2.45. The molecule has 1 unspecified atom stereocenters. The van der Waals surface area contributed by atoms with Gasteiger partial charge in [0.15, 0.2) is 0 Å². The summed E-state index contributed by atoms with van der Waals surface area (Å²) < 4.78 is 5.14. The van der Waals surface area contributed by atoms with E-state index in [0.717, 1.165) is 12.4 Å². The van der Waals surface area contributed by atoms with Crippen LogP contribution in [0, 0.1) is 0 Å². The molecule has 0 aliphatic carbocycles. The highest BCUT2D eigenvalue weighted by Gasteiger charge is 2.15. The highest BCUT2D eigenvalue weighted by atomic mass is 16.5. The van der Waals surface area contributed by atoms with Gasteiger partial charge in [-0.3, -0.25) is 0 Å². The number of hydrazine groups is 1. The van der Waals surface area contributed by atoms with Crippen LogP contribution in [-0.2, 0) is 4.74 Å². The number of nitrogen functional groups attached to an aromatic ring is 2. The lowest BCUT2D eigenvalue weighted by molar-refractivity contribution is 0.181. The van der Waals surface area contributed by atoms with Crippen molar-refractivity contribution in [3.63, 3.8) is 0 Å². The lowest BCUT2D eigenvalue weighted by Crippen LogP contribution is -2.37. The number of ether oxygens (including phenoxy) is 1. The van der Waals surface area contributed by atoms with Crippen molar-refractivity contribution >= 4 is 17.6 Å². The third-order valence-electron chi connectivity index (χ3n) is 2.45. The number of likely N-dealkylation sites (N-methyl/N-ethyl adjacent to an activating group) is 1. The van der Waals surface area contributed by atoms with E-state index in [2.05, 4.69) is 27.2 Å². The molecular formula is C10H20N6O. The van der Waals surface area contributed by atoms with Crippen LogP contribution < -0.4 is 21.9 Å². The lowest BCUT2D eigenvalue weighted by atomic mass is 10.3. The Kier molecular flexibility index (Phi) is 4.92. The van der Waals surface area contributed by atoms with Gasteiger partial charge in [-0.1, -0.05) is 0 Å². The van der Waals surface area contributed by atoms with Crippen LogP contribution >= 0.6 is 0 Å². The van der Waals surface area contributed by atoms with Gasteiger partial charge in [-0.15, -0.1) is 0 Å².